The minimum absolute atomic E-state index is 0.0306. The summed E-state index contributed by atoms with van der Waals surface area (Å²) in [6, 6.07) is 5.19. The number of nitrogens with one attached hydrogen (secondary N) is 1. The second-order valence-corrected chi connectivity index (χ2v) is 4.67. The van der Waals surface area contributed by atoms with Crippen LogP contribution in [0.3, 0.4) is 0 Å². The van der Waals surface area contributed by atoms with Gasteiger partial charge in [0, 0.05) is 5.02 Å². The second kappa shape index (κ2) is 4.13. The first kappa shape index (κ1) is 10.7. The fraction of sp³-hybridized carbons (Fsp3) is 0.333. The second-order valence-electron chi connectivity index (χ2n) is 4.23. The van der Waals surface area contributed by atoms with Gasteiger partial charge in [0.2, 0.25) is 0 Å². The van der Waals surface area contributed by atoms with Crippen LogP contribution in [0.2, 0.25) is 5.02 Å². The van der Waals surface area contributed by atoms with Gasteiger partial charge in [-0.15, -0.1) is 0 Å². The van der Waals surface area contributed by atoms with E-state index in [4.69, 9.17) is 11.6 Å². The van der Waals surface area contributed by atoms with E-state index < -0.39 is 0 Å². The summed E-state index contributed by atoms with van der Waals surface area (Å²) in [5, 5.41) is 4.42. The van der Waals surface area contributed by atoms with Crippen LogP contribution in [0.1, 0.15) is 19.0 Å². The van der Waals surface area contributed by atoms with Crippen LogP contribution in [0.15, 0.2) is 29.3 Å². The van der Waals surface area contributed by atoms with E-state index in [1.807, 2.05) is 0 Å². The molecule has 2 aromatic rings. The first-order valence-electron chi connectivity index (χ1n) is 5.65. The van der Waals surface area contributed by atoms with Gasteiger partial charge in [-0.2, -0.15) is 0 Å². The van der Waals surface area contributed by atoms with Crippen LogP contribution in [0, 0.1) is 0 Å². The molecule has 0 bridgehead atoms. The molecule has 1 atom stereocenters. The van der Waals surface area contributed by atoms with Gasteiger partial charge < -0.3 is 0 Å². The Morgan fingerprint density at radius 2 is 2.35 bits per heavy atom. The zero-order chi connectivity index (χ0) is 11.8. The summed E-state index contributed by atoms with van der Waals surface area (Å²) in [5.41, 5.74) is 0.658. The number of aromatic nitrogens is 2. The number of halogens is 1. The molecule has 1 N–H and O–H groups in total. The minimum Gasteiger partial charge on any atom is -0.297 e. The van der Waals surface area contributed by atoms with Crippen LogP contribution in [-0.2, 0) is 0 Å². The molecular weight excluding hydrogens is 238 g/mol. The van der Waals surface area contributed by atoms with Gasteiger partial charge in [0.05, 0.1) is 23.4 Å². The summed E-state index contributed by atoms with van der Waals surface area (Å²) in [6.07, 6.45) is 3.73. The lowest BCUT2D eigenvalue weighted by Gasteiger charge is -2.13. The number of hydrogen-bond donors (Lipinski definition) is 1. The average Bonchev–Trinajstić information content (AvgIpc) is 2.84. The van der Waals surface area contributed by atoms with Gasteiger partial charge >= 0.3 is 0 Å². The molecule has 1 saturated heterocycles. The predicted octanol–water partition coefficient (Wildman–Crippen LogP) is 1.93. The maximum Gasteiger partial charge on any atom is 0.262 e. The predicted molar refractivity (Wildman–Crippen MR) is 67.3 cm³/mol. The molecule has 1 aliphatic heterocycles. The Bertz CT molecular complexity index is 617. The van der Waals surface area contributed by atoms with E-state index in [0.29, 0.717) is 15.9 Å². The minimum atomic E-state index is -0.0306. The van der Waals surface area contributed by atoms with Gasteiger partial charge in [-0.25, -0.2) is 4.98 Å². The molecule has 17 heavy (non-hydrogen) atoms. The molecular formula is C12H12ClN3O. The summed E-state index contributed by atoms with van der Waals surface area (Å²) in [5.74, 6) is 0. The fourth-order valence-corrected chi connectivity index (χ4v) is 2.41. The van der Waals surface area contributed by atoms with E-state index in [2.05, 4.69) is 10.3 Å². The molecule has 1 aliphatic rings. The number of nitrogens with zero attached hydrogens (tertiary/aromatic N) is 2. The molecule has 1 fully saturated rings. The van der Waals surface area contributed by atoms with Crippen molar-refractivity contribution in [2.24, 2.45) is 0 Å². The lowest BCUT2D eigenvalue weighted by Crippen LogP contribution is -2.30. The highest BCUT2D eigenvalue weighted by atomic mass is 35.5. The maximum absolute atomic E-state index is 12.3. The molecule has 0 aliphatic carbocycles. The van der Waals surface area contributed by atoms with Gasteiger partial charge in [-0.3, -0.25) is 14.7 Å². The Kier molecular flexibility index (Phi) is 2.61. The van der Waals surface area contributed by atoms with Gasteiger partial charge in [-0.05, 0) is 37.6 Å². The molecule has 0 saturated carbocycles. The summed E-state index contributed by atoms with van der Waals surface area (Å²) >= 11 is 5.91. The van der Waals surface area contributed by atoms with Gasteiger partial charge in [-0.1, -0.05) is 11.6 Å². The van der Waals surface area contributed by atoms with Crippen molar-refractivity contribution in [3.8, 4) is 0 Å². The van der Waals surface area contributed by atoms with Crippen molar-refractivity contribution in [2.45, 2.75) is 19.0 Å². The van der Waals surface area contributed by atoms with E-state index in [1.54, 1.807) is 29.1 Å². The summed E-state index contributed by atoms with van der Waals surface area (Å²) < 4.78 is 1.66. The third kappa shape index (κ3) is 1.83. The van der Waals surface area contributed by atoms with Crippen LogP contribution in [-0.4, -0.2) is 16.1 Å². The van der Waals surface area contributed by atoms with Crippen molar-refractivity contribution in [2.75, 3.05) is 6.54 Å². The Morgan fingerprint density at radius 1 is 1.47 bits per heavy atom. The number of fused-ring (bicyclic) bond motifs is 1. The highest BCUT2D eigenvalue weighted by molar-refractivity contribution is 6.31. The summed E-state index contributed by atoms with van der Waals surface area (Å²) in [7, 11) is 0. The highest BCUT2D eigenvalue weighted by Crippen LogP contribution is 2.17. The molecule has 0 amide bonds. The monoisotopic (exact) mass is 249 g/mol. The topological polar surface area (TPSA) is 46.9 Å². The van der Waals surface area contributed by atoms with E-state index in [9.17, 15) is 4.79 Å². The van der Waals surface area contributed by atoms with Gasteiger partial charge in [0.25, 0.3) is 5.56 Å². The van der Waals surface area contributed by atoms with Crippen LogP contribution in [0.4, 0.5) is 0 Å². The number of hydrogen-bond acceptors (Lipinski definition) is 3. The first-order chi connectivity index (χ1) is 8.25. The maximum atomic E-state index is 12.3. The van der Waals surface area contributed by atoms with Crippen molar-refractivity contribution < 1.29 is 0 Å². The summed E-state index contributed by atoms with van der Waals surface area (Å²) in [6.45, 7) is 0.949. The Morgan fingerprint density at radius 3 is 3.12 bits per heavy atom. The van der Waals surface area contributed by atoms with Crippen molar-refractivity contribution in [3.63, 3.8) is 0 Å². The summed E-state index contributed by atoms with van der Waals surface area (Å²) in [4.78, 5) is 16.6. The van der Waals surface area contributed by atoms with Gasteiger partial charge in [0.1, 0.15) is 0 Å². The molecule has 88 valence electrons. The van der Waals surface area contributed by atoms with Gasteiger partial charge in [0.15, 0.2) is 0 Å². The van der Waals surface area contributed by atoms with Crippen LogP contribution in [0.25, 0.3) is 10.9 Å². The fourth-order valence-electron chi connectivity index (χ4n) is 2.23. The molecule has 0 spiro atoms. The molecule has 0 radical (unpaired) electrons. The molecule has 3 rings (SSSR count). The van der Waals surface area contributed by atoms with E-state index in [-0.39, 0.29) is 11.7 Å². The average molecular weight is 250 g/mol. The quantitative estimate of drug-likeness (QED) is 0.840. The van der Waals surface area contributed by atoms with Crippen molar-refractivity contribution in [1.29, 1.82) is 0 Å². The lowest BCUT2D eigenvalue weighted by atomic mass is 10.2. The Hall–Kier alpha value is -1.39. The van der Waals surface area contributed by atoms with Crippen LogP contribution < -0.4 is 10.9 Å². The molecule has 1 aromatic carbocycles. The van der Waals surface area contributed by atoms with Crippen LogP contribution in [0.5, 0.6) is 0 Å². The molecule has 1 aromatic heterocycles. The molecule has 5 heteroatoms. The zero-order valence-corrected chi connectivity index (χ0v) is 9.94. The van der Waals surface area contributed by atoms with Crippen molar-refractivity contribution in [1.82, 2.24) is 14.9 Å². The van der Waals surface area contributed by atoms with E-state index in [0.717, 1.165) is 19.4 Å². The SMILES string of the molecule is O=c1c2cc(Cl)ccc2ncn1C1CCCN1. The third-order valence-corrected chi connectivity index (χ3v) is 3.35. The molecule has 1 unspecified atom stereocenters. The smallest absolute Gasteiger partial charge is 0.262 e. The van der Waals surface area contributed by atoms with Crippen molar-refractivity contribution in [3.05, 3.63) is 39.9 Å². The zero-order valence-electron chi connectivity index (χ0n) is 9.19. The molecule has 2 heterocycles. The Balaban J connectivity index is 2.21. The van der Waals surface area contributed by atoms with E-state index in [1.165, 1.54) is 0 Å². The van der Waals surface area contributed by atoms with Crippen molar-refractivity contribution >= 4 is 22.5 Å². The highest BCUT2D eigenvalue weighted by Gasteiger charge is 2.18. The number of benzene rings is 1. The normalized spacial score (nSPS) is 19.9. The molecule has 4 nitrogen and oxygen atoms in total. The van der Waals surface area contributed by atoms with Crippen LogP contribution >= 0.6 is 11.6 Å². The number of rotatable bonds is 1. The Labute approximate surface area is 103 Å². The largest absolute Gasteiger partial charge is 0.297 e. The lowest BCUT2D eigenvalue weighted by molar-refractivity contribution is 0.453. The van der Waals surface area contributed by atoms with E-state index >= 15 is 0 Å². The third-order valence-electron chi connectivity index (χ3n) is 3.11. The first-order valence-corrected chi connectivity index (χ1v) is 6.03. The standard InChI is InChI=1S/C12H12ClN3O/c13-8-3-4-10-9(6-8)12(17)16(7-15-10)11-2-1-5-14-11/h3-4,6-7,11,14H,1-2,5H2.